The zero-order valence-electron chi connectivity index (χ0n) is 11.3. The standard InChI is InChI=1S/C13H15N3O3S/c1-4-6-14-11(17)9(3)20-13-16-15-12(19-13)10-5-7-18-8(10)2/h4-5,7,9H,1,6H2,2-3H3,(H,14,17)/t9-/m1/s1. The smallest absolute Gasteiger partial charge is 0.277 e. The Morgan fingerprint density at radius 3 is 3.05 bits per heavy atom. The van der Waals surface area contributed by atoms with E-state index in [9.17, 15) is 4.79 Å². The van der Waals surface area contributed by atoms with E-state index in [0.717, 1.165) is 5.56 Å². The molecular weight excluding hydrogens is 278 g/mol. The molecule has 0 saturated carbocycles. The molecular formula is C13H15N3O3S. The number of nitrogens with one attached hydrogen (secondary N) is 1. The van der Waals surface area contributed by atoms with Crippen LogP contribution in [-0.4, -0.2) is 27.9 Å². The highest BCUT2D eigenvalue weighted by Gasteiger charge is 2.19. The number of aryl methyl sites for hydroxylation is 1. The van der Waals surface area contributed by atoms with Crippen molar-refractivity contribution >= 4 is 17.7 Å². The van der Waals surface area contributed by atoms with Crippen molar-refractivity contribution in [3.05, 3.63) is 30.7 Å². The maximum Gasteiger partial charge on any atom is 0.277 e. The Hall–Kier alpha value is -2.02. The molecule has 2 aromatic rings. The molecule has 0 aliphatic carbocycles. The molecule has 106 valence electrons. The average molecular weight is 293 g/mol. The Morgan fingerprint density at radius 2 is 2.40 bits per heavy atom. The molecule has 0 spiro atoms. The van der Waals surface area contributed by atoms with Crippen LogP contribution in [0.25, 0.3) is 11.5 Å². The third-order valence-corrected chi connectivity index (χ3v) is 3.50. The summed E-state index contributed by atoms with van der Waals surface area (Å²) in [6.45, 7) is 7.57. The van der Waals surface area contributed by atoms with Gasteiger partial charge in [0.05, 0.1) is 17.1 Å². The first-order valence-electron chi connectivity index (χ1n) is 6.05. The van der Waals surface area contributed by atoms with Crippen molar-refractivity contribution in [1.82, 2.24) is 15.5 Å². The van der Waals surface area contributed by atoms with Gasteiger partial charge in [-0.05, 0) is 19.9 Å². The maximum atomic E-state index is 11.7. The monoisotopic (exact) mass is 293 g/mol. The molecule has 1 atom stereocenters. The molecule has 0 bridgehead atoms. The zero-order valence-corrected chi connectivity index (χ0v) is 12.1. The van der Waals surface area contributed by atoms with Gasteiger partial charge in [0.25, 0.3) is 11.1 Å². The lowest BCUT2D eigenvalue weighted by Gasteiger charge is -2.07. The molecule has 7 heteroatoms. The van der Waals surface area contributed by atoms with E-state index in [0.29, 0.717) is 23.4 Å². The normalized spacial score (nSPS) is 12.1. The highest BCUT2D eigenvalue weighted by Crippen LogP contribution is 2.28. The van der Waals surface area contributed by atoms with Crippen LogP contribution in [0.15, 0.2) is 39.0 Å². The third-order valence-electron chi connectivity index (χ3n) is 2.56. The topological polar surface area (TPSA) is 81.2 Å². The quantitative estimate of drug-likeness (QED) is 0.650. The van der Waals surface area contributed by atoms with E-state index >= 15 is 0 Å². The fourth-order valence-electron chi connectivity index (χ4n) is 1.49. The van der Waals surface area contributed by atoms with Crippen molar-refractivity contribution in [3.8, 4) is 11.5 Å². The van der Waals surface area contributed by atoms with Crippen LogP contribution in [0.1, 0.15) is 12.7 Å². The fraction of sp³-hybridized carbons (Fsp3) is 0.308. The van der Waals surface area contributed by atoms with Gasteiger partial charge in [-0.1, -0.05) is 17.8 Å². The van der Waals surface area contributed by atoms with Gasteiger partial charge in [-0.15, -0.1) is 16.8 Å². The number of carbonyl (C=O) groups is 1. The van der Waals surface area contributed by atoms with Crippen molar-refractivity contribution in [3.63, 3.8) is 0 Å². The first-order valence-corrected chi connectivity index (χ1v) is 6.93. The van der Waals surface area contributed by atoms with Gasteiger partial charge in [0.2, 0.25) is 5.91 Å². The van der Waals surface area contributed by atoms with Crippen LogP contribution >= 0.6 is 11.8 Å². The molecule has 0 fully saturated rings. The third kappa shape index (κ3) is 3.30. The Morgan fingerprint density at radius 1 is 1.60 bits per heavy atom. The SMILES string of the molecule is C=CCNC(=O)[C@@H](C)Sc1nnc(-c2ccoc2C)o1. The van der Waals surface area contributed by atoms with Gasteiger partial charge in [-0.2, -0.15) is 0 Å². The molecule has 0 unspecified atom stereocenters. The Labute approximate surface area is 120 Å². The van der Waals surface area contributed by atoms with E-state index in [1.165, 1.54) is 11.8 Å². The Kier molecular flexibility index (Phi) is 4.62. The van der Waals surface area contributed by atoms with Crippen molar-refractivity contribution in [1.29, 1.82) is 0 Å². The maximum absolute atomic E-state index is 11.7. The van der Waals surface area contributed by atoms with Gasteiger partial charge in [0.1, 0.15) is 5.76 Å². The Bertz CT molecular complexity index is 606. The van der Waals surface area contributed by atoms with E-state index < -0.39 is 0 Å². The van der Waals surface area contributed by atoms with E-state index in [1.807, 2.05) is 6.92 Å². The number of nitrogens with zero attached hydrogens (tertiary/aromatic N) is 2. The highest BCUT2D eigenvalue weighted by atomic mass is 32.2. The molecule has 2 rings (SSSR count). The number of hydrogen-bond acceptors (Lipinski definition) is 6. The van der Waals surface area contributed by atoms with Crippen LogP contribution in [0, 0.1) is 6.92 Å². The number of furan rings is 1. The van der Waals surface area contributed by atoms with Crippen molar-refractivity contribution in [2.75, 3.05) is 6.54 Å². The molecule has 1 N–H and O–H groups in total. The molecule has 2 heterocycles. The van der Waals surface area contributed by atoms with Crippen molar-refractivity contribution in [2.45, 2.75) is 24.3 Å². The van der Waals surface area contributed by atoms with Crippen LogP contribution < -0.4 is 5.32 Å². The van der Waals surface area contributed by atoms with Gasteiger partial charge in [-0.3, -0.25) is 4.79 Å². The van der Waals surface area contributed by atoms with Gasteiger partial charge >= 0.3 is 0 Å². The zero-order chi connectivity index (χ0) is 14.5. The summed E-state index contributed by atoms with van der Waals surface area (Å²) < 4.78 is 10.7. The fourth-order valence-corrected chi connectivity index (χ4v) is 2.20. The minimum atomic E-state index is -0.325. The van der Waals surface area contributed by atoms with E-state index in [4.69, 9.17) is 8.83 Å². The summed E-state index contributed by atoms with van der Waals surface area (Å²) in [5, 5.41) is 10.6. The van der Waals surface area contributed by atoms with Crippen LogP contribution in [0.3, 0.4) is 0 Å². The minimum absolute atomic E-state index is 0.103. The number of hydrogen-bond donors (Lipinski definition) is 1. The minimum Gasteiger partial charge on any atom is -0.469 e. The van der Waals surface area contributed by atoms with Crippen LogP contribution in [0.5, 0.6) is 0 Å². The van der Waals surface area contributed by atoms with Crippen LogP contribution in [-0.2, 0) is 4.79 Å². The molecule has 0 aliphatic heterocycles. The first-order chi connectivity index (χ1) is 9.61. The number of amides is 1. The molecule has 0 aromatic carbocycles. The number of carbonyl (C=O) groups excluding carboxylic acids is 1. The second-order valence-corrected chi connectivity index (χ2v) is 5.35. The van der Waals surface area contributed by atoms with Gasteiger partial charge < -0.3 is 14.2 Å². The second kappa shape index (κ2) is 6.42. The predicted octanol–water partition coefficient (Wildman–Crippen LogP) is 2.42. The summed E-state index contributed by atoms with van der Waals surface area (Å²) in [5.74, 6) is 0.994. The summed E-state index contributed by atoms with van der Waals surface area (Å²) in [7, 11) is 0. The predicted molar refractivity (Wildman–Crippen MR) is 75.3 cm³/mol. The number of thioether (sulfide) groups is 1. The lowest BCUT2D eigenvalue weighted by Crippen LogP contribution is -2.30. The summed E-state index contributed by atoms with van der Waals surface area (Å²) >= 11 is 1.21. The number of rotatable bonds is 6. The average Bonchev–Trinajstić information content (AvgIpc) is 3.04. The lowest BCUT2D eigenvalue weighted by molar-refractivity contribution is -0.120. The van der Waals surface area contributed by atoms with Gasteiger partial charge in [0.15, 0.2) is 0 Å². The van der Waals surface area contributed by atoms with Crippen molar-refractivity contribution < 1.29 is 13.6 Å². The molecule has 20 heavy (non-hydrogen) atoms. The number of aromatic nitrogens is 2. The largest absolute Gasteiger partial charge is 0.469 e. The Balaban J connectivity index is 2.01. The van der Waals surface area contributed by atoms with Gasteiger partial charge in [0, 0.05) is 6.54 Å². The lowest BCUT2D eigenvalue weighted by atomic mass is 10.3. The van der Waals surface area contributed by atoms with E-state index in [2.05, 4.69) is 22.1 Å². The second-order valence-electron chi connectivity index (χ2n) is 4.06. The molecule has 0 saturated heterocycles. The summed E-state index contributed by atoms with van der Waals surface area (Å²) in [5.41, 5.74) is 0.758. The van der Waals surface area contributed by atoms with Crippen LogP contribution in [0.2, 0.25) is 0 Å². The summed E-state index contributed by atoms with van der Waals surface area (Å²) in [4.78, 5) is 11.7. The van der Waals surface area contributed by atoms with Crippen LogP contribution in [0.4, 0.5) is 0 Å². The molecule has 2 aromatic heterocycles. The summed E-state index contributed by atoms with van der Waals surface area (Å²) in [6.07, 6.45) is 3.19. The molecule has 6 nitrogen and oxygen atoms in total. The van der Waals surface area contributed by atoms with E-state index in [-0.39, 0.29) is 11.2 Å². The molecule has 0 radical (unpaired) electrons. The van der Waals surface area contributed by atoms with E-state index in [1.54, 1.807) is 25.3 Å². The highest BCUT2D eigenvalue weighted by molar-refractivity contribution is 8.00. The van der Waals surface area contributed by atoms with Crippen molar-refractivity contribution in [2.24, 2.45) is 0 Å². The summed E-state index contributed by atoms with van der Waals surface area (Å²) in [6, 6.07) is 1.76. The molecule has 0 aliphatic rings. The van der Waals surface area contributed by atoms with Gasteiger partial charge in [-0.25, -0.2) is 0 Å². The first kappa shape index (κ1) is 14.4. The molecule has 1 amide bonds.